The highest BCUT2D eigenvalue weighted by Gasteiger charge is 2.27. The highest BCUT2D eigenvalue weighted by molar-refractivity contribution is 7.99. The molecule has 0 spiro atoms. The number of benzene rings is 1. The van der Waals surface area contributed by atoms with Crippen LogP contribution < -0.4 is 5.73 Å². The van der Waals surface area contributed by atoms with E-state index in [-0.39, 0.29) is 6.54 Å². The van der Waals surface area contributed by atoms with Crippen LogP contribution >= 0.6 is 23.4 Å². The summed E-state index contributed by atoms with van der Waals surface area (Å²) in [6, 6.07) is 13.1. The molecule has 2 aromatic rings. The van der Waals surface area contributed by atoms with Crippen molar-refractivity contribution >= 4 is 23.4 Å². The Morgan fingerprint density at radius 2 is 1.95 bits per heavy atom. The molecule has 0 saturated heterocycles. The lowest BCUT2D eigenvalue weighted by Crippen LogP contribution is -2.37. The molecule has 5 heteroatoms. The van der Waals surface area contributed by atoms with E-state index in [4.69, 9.17) is 17.3 Å². The second kappa shape index (κ2) is 6.39. The predicted molar refractivity (Wildman–Crippen MR) is 79.4 cm³/mol. The Hall–Kier alpha value is -1.07. The molecule has 3 nitrogen and oxygen atoms in total. The summed E-state index contributed by atoms with van der Waals surface area (Å²) in [7, 11) is 0. The molecule has 1 aromatic carbocycles. The molecule has 100 valence electrons. The van der Waals surface area contributed by atoms with Gasteiger partial charge in [-0.1, -0.05) is 41.9 Å². The van der Waals surface area contributed by atoms with Crippen molar-refractivity contribution in [2.75, 3.05) is 12.3 Å². The summed E-state index contributed by atoms with van der Waals surface area (Å²) in [5.74, 6) is 0.447. The van der Waals surface area contributed by atoms with Gasteiger partial charge < -0.3 is 10.8 Å². The summed E-state index contributed by atoms with van der Waals surface area (Å²) in [6.45, 7) is 0.164. The monoisotopic (exact) mass is 294 g/mol. The van der Waals surface area contributed by atoms with Crippen LogP contribution in [0.5, 0.6) is 0 Å². The summed E-state index contributed by atoms with van der Waals surface area (Å²) in [4.78, 5) is 4.19. The van der Waals surface area contributed by atoms with E-state index in [0.717, 1.165) is 10.6 Å². The number of hydrogen-bond donors (Lipinski definition) is 2. The molecule has 1 atom stereocenters. The summed E-state index contributed by atoms with van der Waals surface area (Å²) in [5.41, 5.74) is 5.49. The first-order valence-electron chi connectivity index (χ1n) is 5.86. The number of rotatable bonds is 5. The molecular weight excluding hydrogens is 280 g/mol. The van der Waals surface area contributed by atoms with Crippen LogP contribution in [-0.4, -0.2) is 22.4 Å². The Bertz CT molecular complexity index is 521. The van der Waals surface area contributed by atoms with Gasteiger partial charge in [0.2, 0.25) is 0 Å². The highest BCUT2D eigenvalue weighted by atomic mass is 35.5. The van der Waals surface area contributed by atoms with E-state index in [2.05, 4.69) is 4.98 Å². The first-order chi connectivity index (χ1) is 9.14. The van der Waals surface area contributed by atoms with Crippen LogP contribution in [0.15, 0.2) is 53.7 Å². The van der Waals surface area contributed by atoms with Crippen LogP contribution in [0, 0.1) is 0 Å². The maximum atomic E-state index is 10.6. The van der Waals surface area contributed by atoms with Gasteiger partial charge in [0.25, 0.3) is 0 Å². The number of pyridine rings is 1. The smallest absolute Gasteiger partial charge is 0.111 e. The lowest BCUT2D eigenvalue weighted by atomic mass is 9.96. The minimum atomic E-state index is -1.05. The molecular formula is C14H15ClN2OS. The molecule has 1 unspecified atom stereocenters. The Balaban J connectivity index is 2.09. The molecule has 2 rings (SSSR count). The second-order valence-electron chi connectivity index (χ2n) is 4.21. The van der Waals surface area contributed by atoms with Crippen LogP contribution in [0.25, 0.3) is 0 Å². The fourth-order valence-electron chi connectivity index (χ4n) is 1.65. The molecule has 1 heterocycles. The van der Waals surface area contributed by atoms with Crippen LogP contribution in [0.1, 0.15) is 5.56 Å². The molecule has 0 aliphatic carbocycles. The number of nitrogens with two attached hydrogens (primary N) is 1. The Morgan fingerprint density at radius 3 is 2.53 bits per heavy atom. The Kier molecular flexibility index (Phi) is 4.82. The van der Waals surface area contributed by atoms with Crippen LogP contribution in [-0.2, 0) is 5.60 Å². The van der Waals surface area contributed by atoms with E-state index >= 15 is 0 Å². The fourth-order valence-corrected chi connectivity index (χ4v) is 2.72. The summed E-state index contributed by atoms with van der Waals surface area (Å²) in [5, 5.41) is 12.0. The quantitative estimate of drug-likeness (QED) is 0.833. The van der Waals surface area contributed by atoms with Gasteiger partial charge in [-0.25, -0.2) is 4.98 Å². The van der Waals surface area contributed by atoms with Crippen molar-refractivity contribution in [3.05, 3.63) is 59.2 Å². The van der Waals surface area contributed by atoms with Gasteiger partial charge in [0.15, 0.2) is 0 Å². The SMILES string of the molecule is NCC(O)(CSc1ccc(Cl)cn1)c1ccccc1. The maximum Gasteiger partial charge on any atom is 0.111 e. The molecule has 0 aliphatic heterocycles. The topological polar surface area (TPSA) is 59.1 Å². The molecule has 0 aliphatic rings. The van der Waals surface area contributed by atoms with E-state index in [9.17, 15) is 5.11 Å². The third-order valence-electron chi connectivity index (χ3n) is 2.81. The van der Waals surface area contributed by atoms with Gasteiger partial charge in [-0.2, -0.15) is 0 Å². The highest BCUT2D eigenvalue weighted by Crippen LogP contribution is 2.28. The van der Waals surface area contributed by atoms with Gasteiger partial charge in [-0.3, -0.25) is 0 Å². The minimum Gasteiger partial charge on any atom is -0.383 e. The van der Waals surface area contributed by atoms with E-state index in [1.54, 1.807) is 12.3 Å². The van der Waals surface area contributed by atoms with Crippen LogP contribution in [0.2, 0.25) is 5.02 Å². The number of thioether (sulfide) groups is 1. The molecule has 0 bridgehead atoms. The molecule has 19 heavy (non-hydrogen) atoms. The molecule has 0 saturated carbocycles. The first-order valence-corrected chi connectivity index (χ1v) is 7.23. The van der Waals surface area contributed by atoms with Gasteiger partial charge in [0.05, 0.1) is 10.0 Å². The van der Waals surface area contributed by atoms with Gasteiger partial charge in [0, 0.05) is 18.5 Å². The zero-order valence-corrected chi connectivity index (χ0v) is 11.9. The van der Waals surface area contributed by atoms with Crippen LogP contribution in [0.3, 0.4) is 0 Å². The molecule has 0 amide bonds. The van der Waals surface area contributed by atoms with Crippen molar-refractivity contribution in [3.63, 3.8) is 0 Å². The predicted octanol–water partition coefficient (Wildman–Crippen LogP) is 2.67. The van der Waals surface area contributed by atoms with E-state index in [0.29, 0.717) is 10.8 Å². The van der Waals surface area contributed by atoms with Crippen molar-refractivity contribution < 1.29 is 5.11 Å². The third-order valence-corrected chi connectivity index (χ3v) is 4.19. The van der Waals surface area contributed by atoms with Gasteiger partial charge in [0.1, 0.15) is 5.60 Å². The number of nitrogens with zero attached hydrogens (tertiary/aromatic N) is 1. The fraction of sp³-hybridized carbons (Fsp3) is 0.214. The Labute approximate surface area is 121 Å². The van der Waals surface area contributed by atoms with Gasteiger partial charge in [-0.05, 0) is 17.7 Å². The molecule has 1 aromatic heterocycles. The second-order valence-corrected chi connectivity index (χ2v) is 5.64. The lowest BCUT2D eigenvalue weighted by Gasteiger charge is -2.26. The largest absolute Gasteiger partial charge is 0.383 e. The number of aromatic nitrogens is 1. The maximum absolute atomic E-state index is 10.6. The van der Waals surface area contributed by atoms with Crippen molar-refractivity contribution in [2.24, 2.45) is 5.73 Å². The first kappa shape index (κ1) is 14.3. The van der Waals surface area contributed by atoms with Crippen molar-refractivity contribution in [2.45, 2.75) is 10.6 Å². The number of aliphatic hydroxyl groups is 1. The molecule has 0 radical (unpaired) electrons. The summed E-state index contributed by atoms with van der Waals surface area (Å²) in [6.07, 6.45) is 1.59. The van der Waals surface area contributed by atoms with E-state index in [1.165, 1.54) is 11.8 Å². The van der Waals surface area contributed by atoms with E-state index < -0.39 is 5.60 Å². The summed E-state index contributed by atoms with van der Waals surface area (Å²) >= 11 is 7.24. The standard InChI is InChI=1S/C14H15ClN2OS/c15-12-6-7-13(17-8-12)19-10-14(18,9-16)11-4-2-1-3-5-11/h1-8,18H,9-10,16H2. The van der Waals surface area contributed by atoms with Crippen molar-refractivity contribution in [1.29, 1.82) is 0 Å². The Morgan fingerprint density at radius 1 is 1.21 bits per heavy atom. The average molecular weight is 295 g/mol. The van der Waals surface area contributed by atoms with Crippen molar-refractivity contribution in [1.82, 2.24) is 4.98 Å². The zero-order chi connectivity index (χ0) is 13.7. The summed E-state index contributed by atoms with van der Waals surface area (Å²) < 4.78 is 0. The van der Waals surface area contributed by atoms with Gasteiger partial charge >= 0.3 is 0 Å². The molecule has 0 fully saturated rings. The lowest BCUT2D eigenvalue weighted by molar-refractivity contribution is 0.0721. The number of halogens is 1. The van der Waals surface area contributed by atoms with E-state index in [1.807, 2.05) is 36.4 Å². The minimum absolute atomic E-state index is 0.164. The van der Waals surface area contributed by atoms with Crippen molar-refractivity contribution in [3.8, 4) is 0 Å². The average Bonchev–Trinajstić information content (AvgIpc) is 2.47. The normalized spacial score (nSPS) is 14.1. The van der Waals surface area contributed by atoms with Gasteiger partial charge in [-0.15, -0.1) is 11.8 Å². The number of hydrogen-bond acceptors (Lipinski definition) is 4. The van der Waals surface area contributed by atoms with Crippen LogP contribution in [0.4, 0.5) is 0 Å². The zero-order valence-electron chi connectivity index (χ0n) is 10.3. The third kappa shape index (κ3) is 3.70. The molecule has 3 N–H and O–H groups in total.